The van der Waals surface area contributed by atoms with E-state index in [1.54, 1.807) is 6.20 Å². The molecule has 1 aliphatic rings. The van der Waals surface area contributed by atoms with Crippen molar-refractivity contribution in [3.63, 3.8) is 0 Å². The van der Waals surface area contributed by atoms with Crippen molar-refractivity contribution >= 4 is 5.57 Å². The SMILES string of the molecule is Cn1ccnc1C1=CC(O)CCCC1. The number of aliphatic hydroxyl groups excluding tert-OH is 1. The average Bonchev–Trinajstić information content (AvgIpc) is 2.45. The summed E-state index contributed by atoms with van der Waals surface area (Å²) in [6.45, 7) is 0. The molecule has 0 fully saturated rings. The number of hydrogen-bond donors (Lipinski definition) is 1. The molecule has 76 valence electrons. The molecule has 1 aromatic rings. The Labute approximate surface area is 84.1 Å². The summed E-state index contributed by atoms with van der Waals surface area (Å²) in [5, 5.41) is 9.64. The lowest BCUT2D eigenvalue weighted by molar-refractivity contribution is 0.211. The third-order valence-corrected chi connectivity index (χ3v) is 2.70. The van der Waals surface area contributed by atoms with E-state index in [2.05, 4.69) is 4.98 Å². The zero-order chi connectivity index (χ0) is 9.97. The lowest BCUT2D eigenvalue weighted by Gasteiger charge is -2.05. The van der Waals surface area contributed by atoms with Crippen LogP contribution in [0.15, 0.2) is 18.5 Å². The Balaban J connectivity index is 2.28. The average molecular weight is 192 g/mol. The van der Waals surface area contributed by atoms with Crippen LogP contribution in [-0.4, -0.2) is 20.8 Å². The molecule has 0 spiro atoms. The molecule has 1 aromatic heterocycles. The molecule has 0 saturated carbocycles. The molecule has 0 saturated heterocycles. The maximum atomic E-state index is 9.64. The largest absolute Gasteiger partial charge is 0.389 e. The Morgan fingerprint density at radius 3 is 3.07 bits per heavy atom. The number of allylic oxidation sites excluding steroid dienone is 1. The van der Waals surface area contributed by atoms with E-state index in [-0.39, 0.29) is 6.10 Å². The molecule has 0 aromatic carbocycles. The van der Waals surface area contributed by atoms with Gasteiger partial charge in [0, 0.05) is 19.4 Å². The molecule has 0 bridgehead atoms. The zero-order valence-corrected chi connectivity index (χ0v) is 8.48. The van der Waals surface area contributed by atoms with Crippen LogP contribution in [0.5, 0.6) is 0 Å². The summed E-state index contributed by atoms with van der Waals surface area (Å²) in [6.07, 6.45) is 9.57. The normalized spacial score (nSPS) is 23.0. The summed E-state index contributed by atoms with van der Waals surface area (Å²) >= 11 is 0. The van der Waals surface area contributed by atoms with Crippen LogP contribution in [0.2, 0.25) is 0 Å². The van der Waals surface area contributed by atoms with E-state index >= 15 is 0 Å². The topological polar surface area (TPSA) is 38.0 Å². The highest BCUT2D eigenvalue weighted by molar-refractivity contribution is 5.60. The lowest BCUT2D eigenvalue weighted by Crippen LogP contribution is -2.02. The van der Waals surface area contributed by atoms with E-state index in [0.717, 1.165) is 31.5 Å². The zero-order valence-electron chi connectivity index (χ0n) is 8.48. The number of aliphatic hydroxyl groups is 1. The number of imidazole rings is 1. The summed E-state index contributed by atoms with van der Waals surface area (Å²) in [5.41, 5.74) is 1.18. The molecule has 0 amide bonds. The number of aromatic nitrogens is 2. The monoisotopic (exact) mass is 192 g/mol. The first-order valence-electron chi connectivity index (χ1n) is 5.14. The first-order chi connectivity index (χ1) is 6.77. The maximum absolute atomic E-state index is 9.64. The molecule has 3 nitrogen and oxygen atoms in total. The van der Waals surface area contributed by atoms with Crippen LogP contribution in [0.25, 0.3) is 5.57 Å². The van der Waals surface area contributed by atoms with Crippen molar-refractivity contribution in [2.45, 2.75) is 31.8 Å². The molecule has 1 N–H and O–H groups in total. The highest BCUT2D eigenvalue weighted by atomic mass is 16.3. The second-order valence-electron chi connectivity index (χ2n) is 3.87. The van der Waals surface area contributed by atoms with Gasteiger partial charge in [-0.2, -0.15) is 0 Å². The van der Waals surface area contributed by atoms with Gasteiger partial charge in [0.15, 0.2) is 0 Å². The Hall–Kier alpha value is -1.09. The molecule has 2 rings (SSSR count). The van der Waals surface area contributed by atoms with Gasteiger partial charge in [0.05, 0.1) is 6.10 Å². The van der Waals surface area contributed by atoms with Gasteiger partial charge in [-0.3, -0.25) is 0 Å². The minimum Gasteiger partial charge on any atom is -0.389 e. The predicted octanol–water partition coefficient (Wildman–Crippen LogP) is 1.74. The third kappa shape index (κ3) is 1.87. The molecule has 0 radical (unpaired) electrons. The van der Waals surface area contributed by atoms with Gasteiger partial charge in [-0.05, 0) is 30.9 Å². The van der Waals surface area contributed by atoms with Crippen molar-refractivity contribution < 1.29 is 5.11 Å². The summed E-state index contributed by atoms with van der Waals surface area (Å²) in [6, 6.07) is 0. The molecule has 3 heteroatoms. The van der Waals surface area contributed by atoms with E-state index in [1.807, 2.05) is 23.9 Å². The van der Waals surface area contributed by atoms with Gasteiger partial charge in [0.25, 0.3) is 0 Å². The van der Waals surface area contributed by atoms with Crippen molar-refractivity contribution in [3.8, 4) is 0 Å². The van der Waals surface area contributed by atoms with E-state index < -0.39 is 0 Å². The number of hydrogen-bond acceptors (Lipinski definition) is 2. The minimum atomic E-state index is -0.288. The van der Waals surface area contributed by atoms with Crippen LogP contribution in [0.4, 0.5) is 0 Å². The molecular weight excluding hydrogens is 176 g/mol. The molecule has 1 heterocycles. The van der Waals surface area contributed by atoms with Crippen LogP contribution >= 0.6 is 0 Å². The summed E-state index contributed by atoms with van der Waals surface area (Å²) in [4.78, 5) is 4.30. The molecule has 0 aliphatic heterocycles. The van der Waals surface area contributed by atoms with Crippen LogP contribution < -0.4 is 0 Å². The second kappa shape index (κ2) is 3.96. The first-order valence-corrected chi connectivity index (χ1v) is 5.14. The predicted molar refractivity (Wildman–Crippen MR) is 55.7 cm³/mol. The van der Waals surface area contributed by atoms with Crippen molar-refractivity contribution in [1.29, 1.82) is 0 Å². The Bertz CT molecular complexity index is 341. The highest BCUT2D eigenvalue weighted by Crippen LogP contribution is 2.24. The van der Waals surface area contributed by atoms with Gasteiger partial charge in [-0.25, -0.2) is 4.98 Å². The van der Waals surface area contributed by atoms with Crippen molar-refractivity contribution in [1.82, 2.24) is 9.55 Å². The summed E-state index contributed by atoms with van der Waals surface area (Å²) in [5.74, 6) is 0.992. The lowest BCUT2D eigenvalue weighted by atomic mass is 10.1. The van der Waals surface area contributed by atoms with Crippen molar-refractivity contribution in [3.05, 3.63) is 24.3 Å². The van der Waals surface area contributed by atoms with Gasteiger partial charge in [-0.15, -0.1) is 0 Å². The number of nitrogens with zero attached hydrogens (tertiary/aromatic N) is 2. The van der Waals surface area contributed by atoms with Gasteiger partial charge < -0.3 is 9.67 Å². The Morgan fingerprint density at radius 1 is 1.50 bits per heavy atom. The quantitative estimate of drug-likeness (QED) is 0.736. The minimum absolute atomic E-state index is 0.288. The highest BCUT2D eigenvalue weighted by Gasteiger charge is 2.13. The number of aryl methyl sites for hydroxylation is 1. The molecule has 1 atom stereocenters. The fourth-order valence-electron chi connectivity index (χ4n) is 1.93. The molecule has 1 unspecified atom stereocenters. The Morgan fingerprint density at radius 2 is 2.36 bits per heavy atom. The van der Waals surface area contributed by atoms with Crippen LogP contribution in [0, 0.1) is 0 Å². The summed E-state index contributed by atoms with van der Waals surface area (Å²) < 4.78 is 2.00. The van der Waals surface area contributed by atoms with Gasteiger partial charge in [0.1, 0.15) is 5.82 Å². The van der Waals surface area contributed by atoms with Gasteiger partial charge >= 0.3 is 0 Å². The van der Waals surface area contributed by atoms with Gasteiger partial charge in [0.2, 0.25) is 0 Å². The molecule has 14 heavy (non-hydrogen) atoms. The first kappa shape index (κ1) is 9.46. The van der Waals surface area contributed by atoms with E-state index in [0.29, 0.717) is 0 Å². The second-order valence-corrected chi connectivity index (χ2v) is 3.87. The third-order valence-electron chi connectivity index (χ3n) is 2.70. The fraction of sp³-hybridized carbons (Fsp3) is 0.545. The fourth-order valence-corrected chi connectivity index (χ4v) is 1.93. The van der Waals surface area contributed by atoms with Crippen LogP contribution in [0.3, 0.4) is 0 Å². The molecule has 1 aliphatic carbocycles. The molecular formula is C11H16N2O. The van der Waals surface area contributed by atoms with E-state index in [4.69, 9.17) is 0 Å². The standard InChI is InChI=1S/C11H16N2O/c1-13-7-6-12-11(13)9-4-2-3-5-10(14)8-9/h6-8,10,14H,2-5H2,1H3. The van der Waals surface area contributed by atoms with E-state index in [1.165, 1.54) is 5.57 Å². The smallest absolute Gasteiger partial charge is 0.135 e. The summed E-state index contributed by atoms with van der Waals surface area (Å²) in [7, 11) is 1.99. The van der Waals surface area contributed by atoms with E-state index in [9.17, 15) is 5.11 Å². The van der Waals surface area contributed by atoms with Gasteiger partial charge in [-0.1, -0.05) is 6.42 Å². The van der Waals surface area contributed by atoms with Crippen molar-refractivity contribution in [2.24, 2.45) is 7.05 Å². The van der Waals surface area contributed by atoms with Crippen molar-refractivity contribution in [2.75, 3.05) is 0 Å². The number of rotatable bonds is 1. The van der Waals surface area contributed by atoms with Crippen LogP contribution in [-0.2, 0) is 7.05 Å². The maximum Gasteiger partial charge on any atom is 0.135 e. The Kier molecular flexibility index (Phi) is 2.68. The van der Waals surface area contributed by atoms with Crippen LogP contribution in [0.1, 0.15) is 31.5 Å².